The highest BCUT2D eigenvalue weighted by atomic mass is 32.1. The van der Waals surface area contributed by atoms with Crippen LogP contribution >= 0.6 is 11.3 Å². The fourth-order valence-corrected chi connectivity index (χ4v) is 2.11. The summed E-state index contributed by atoms with van der Waals surface area (Å²) in [6.45, 7) is 5.37. The van der Waals surface area contributed by atoms with Crippen LogP contribution in [0.1, 0.15) is 26.3 Å². The van der Waals surface area contributed by atoms with Crippen LogP contribution in [0.2, 0.25) is 0 Å². The minimum absolute atomic E-state index is 0.226. The molecule has 1 amide bonds. The van der Waals surface area contributed by atoms with Gasteiger partial charge < -0.3 is 10.4 Å². The predicted octanol–water partition coefficient (Wildman–Crippen LogP) is 1.91. The Hall–Kier alpha value is -1.36. The van der Waals surface area contributed by atoms with E-state index in [4.69, 9.17) is 5.11 Å². The second kappa shape index (κ2) is 5.31. The summed E-state index contributed by atoms with van der Waals surface area (Å²) < 4.78 is 0. The molecule has 1 rings (SSSR count). The highest BCUT2D eigenvalue weighted by molar-refractivity contribution is 7.07. The Balaban J connectivity index is 2.62. The van der Waals surface area contributed by atoms with Gasteiger partial charge in [-0.15, -0.1) is 0 Å². The molecule has 0 saturated carbocycles. The van der Waals surface area contributed by atoms with Gasteiger partial charge in [-0.2, -0.15) is 11.3 Å². The molecule has 0 saturated heterocycles. The Morgan fingerprint density at radius 3 is 2.53 bits per heavy atom. The topological polar surface area (TPSA) is 66.4 Å². The molecule has 1 atom stereocenters. The van der Waals surface area contributed by atoms with Crippen molar-refractivity contribution in [3.63, 3.8) is 0 Å². The van der Waals surface area contributed by atoms with Crippen LogP contribution in [0, 0.1) is 5.41 Å². The van der Waals surface area contributed by atoms with Crippen LogP contribution < -0.4 is 5.32 Å². The van der Waals surface area contributed by atoms with Crippen molar-refractivity contribution in [1.82, 2.24) is 5.32 Å². The first-order valence-electron chi connectivity index (χ1n) is 5.34. The summed E-state index contributed by atoms with van der Waals surface area (Å²) in [4.78, 5) is 22.8. The average molecular weight is 255 g/mol. The Bertz CT molecular complexity index is 392. The van der Waals surface area contributed by atoms with Gasteiger partial charge in [-0.3, -0.25) is 4.79 Å². The molecule has 4 nitrogen and oxygen atoms in total. The lowest BCUT2D eigenvalue weighted by Gasteiger charge is -2.27. The van der Waals surface area contributed by atoms with Crippen molar-refractivity contribution in [3.05, 3.63) is 22.4 Å². The molecule has 94 valence electrons. The number of hydrogen-bond acceptors (Lipinski definition) is 3. The normalized spacial score (nSPS) is 13.1. The first-order valence-corrected chi connectivity index (χ1v) is 6.28. The molecule has 0 aliphatic heterocycles. The monoisotopic (exact) mass is 255 g/mol. The summed E-state index contributed by atoms with van der Waals surface area (Å²) in [7, 11) is 0. The first-order chi connectivity index (χ1) is 7.80. The van der Waals surface area contributed by atoms with Gasteiger partial charge in [-0.1, -0.05) is 20.8 Å². The van der Waals surface area contributed by atoms with Gasteiger partial charge in [-0.05, 0) is 27.8 Å². The van der Waals surface area contributed by atoms with Crippen molar-refractivity contribution in [1.29, 1.82) is 0 Å². The van der Waals surface area contributed by atoms with E-state index in [0.29, 0.717) is 0 Å². The Morgan fingerprint density at radius 1 is 1.47 bits per heavy atom. The van der Waals surface area contributed by atoms with Crippen LogP contribution in [-0.2, 0) is 16.0 Å². The van der Waals surface area contributed by atoms with E-state index in [0.717, 1.165) is 5.56 Å². The number of carboxylic acids is 1. The largest absolute Gasteiger partial charge is 0.480 e. The highest BCUT2D eigenvalue weighted by Gasteiger charge is 2.32. The molecule has 5 heteroatoms. The van der Waals surface area contributed by atoms with Gasteiger partial charge in [0.05, 0.1) is 6.42 Å². The van der Waals surface area contributed by atoms with Crippen LogP contribution in [0.5, 0.6) is 0 Å². The maximum absolute atomic E-state index is 11.7. The summed E-state index contributed by atoms with van der Waals surface area (Å²) >= 11 is 1.52. The van der Waals surface area contributed by atoms with Crippen LogP contribution in [0.4, 0.5) is 0 Å². The number of nitrogens with one attached hydrogen (secondary N) is 1. The van der Waals surface area contributed by atoms with Gasteiger partial charge in [-0.25, -0.2) is 4.79 Å². The molecule has 0 fully saturated rings. The van der Waals surface area contributed by atoms with Crippen molar-refractivity contribution in [2.24, 2.45) is 5.41 Å². The Morgan fingerprint density at radius 2 is 2.12 bits per heavy atom. The van der Waals surface area contributed by atoms with Crippen LogP contribution in [0.3, 0.4) is 0 Å². The van der Waals surface area contributed by atoms with E-state index in [-0.39, 0.29) is 12.3 Å². The molecule has 1 heterocycles. The summed E-state index contributed by atoms with van der Waals surface area (Å²) in [5, 5.41) is 15.4. The minimum atomic E-state index is -1.00. The van der Waals surface area contributed by atoms with Crippen molar-refractivity contribution in [2.45, 2.75) is 33.2 Å². The molecule has 17 heavy (non-hydrogen) atoms. The molecule has 1 aromatic heterocycles. The number of amides is 1. The van der Waals surface area contributed by atoms with Gasteiger partial charge in [0.1, 0.15) is 6.04 Å². The predicted molar refractivity (Wildman–Crippen MR) is 67.0 cm³/mol. The lowest BCUT2D eigenvalue weighted by atomic mass is 9.86. The molecule has 0 radical (unpaired) electrons. The summed E-state index contributed by atoms with van der Waals surface area (Å²) in [5.41, 5.74) is 0.404. The van der Waals surface area contributed by atoms with E-state index in [1.54, 1.807) is 20.8 Å². The molecule has 0 aliphatic rings. The van der Waals surface area contributed by atoms with Gasteiger partial charge in [0.2, 0.25) is 5.91 Å². The second-order valence-corrected chi connectivity index (χ2v) is 5.79. The molecule has 0 spiro atoms. The maximum atomic E-state index is 11.7. The van der Waals surface area contributed by atoms with Gasteiger partial charge in [0.15, 0.2) is 0 Å². The van der Waals surface area contributed by atoms with E-state index in [9.17, 15) is 9.59 Å². The fraction of sp³-hybridized carbons (Fsp3) is 0.500. The smallest absolute Gasteiger partial charge is 0.326 e. The lowest BCUT2D eigenvalue weighted by molar-refractivity contribution is -0.144. The van der Waals surface area contributed by atoms with E-state index < -0.39 is 17.4 Å². The first kappa shape index (κ1) is 13.7. The number of aliphatic carboxylic acids is 1. The quantitative estimate of drug-likeness (QED) is 0.863. The van der Waals surface area contributed by atoms with Crippen molar-refractivity contribution >= 4 is 23.2 Å². The Kier molecular flexibility index (Phi) is 4.28. The zero-order valence-corrected chi connectivity index (χ0v) is 11.0. The van der Waals surface area contributed by atoms with Gasteiger partial charge in [0, 0.05) is 0 Å². The molecular weight excluding hydrogens is 238 g/mol. The van der Waals surface area contributed by atoms with Crippen molar-refractivity contribution < 1.29 is 14.7 Å². The number of carbonyl (C=O) groups excluding carboxylic acids is 1. The average Bonchev–Trinajstić information content (AvgIpc) is 2.64. The summed E-state index contributed by atoms with van der Waals surface area (Å²) in [5.74, 6) is -1.26. The number of thiophene rings is 1. The van der Waals surface area contributed by atoms with Gasteiger partial charge >= 0.3 is 5.97 Å². The van der Waals surface area contributed by atoms with E-state index in [2.05, 4.69) is 5.32 Å². The fourth-order valence-electron chi connectivity index (χ4n) is 1.44. The molecule has 2 N–H and O–H groups in total. The highest BCUT2D eigenvalue weighted by Crippen LogP contribution is 2.19. The number of hydrogen-bond donors (Lipinski definition) is 2. The van der Waals surface area contributed by atoms with E-state index in [1.165, 1.54) is 11.3 Å². The number of carboxylic acid groups (broad SMARTS) is 1. The molecule has 0 aromatic carbocycles. The third kappa shape index (κ3) is 4.19. The molecule has 1 aromatic rings. The van der Waals surface area contributed by atoms with E-state index >= 15 is 0 Å². The Labute approximate surface area is 105 Å². The van der Waals surface area contributed by atoms with E-state index in [1.807, 2.05) is 16.8 Å². The molecular formula is C12H17NO3S. The minimum Gasteiger partial charge on any atom is -0.480 e. The zero-order valence-electron chi connectivity index (χ0n) is 10.2. The zero-order chi connectivity index (χ0) is 13.1. The molecule has 0 bridgehead atoms. The summed E-state index contributed by atoms with van der Waals surface area (Å²) in [6, 6.07) is 0.991. The van der Waals surface area contributed by atoms with Gasteiger partial charge in [0.25, 0.3) is 0 Å². The lowest BCUT2D eigenvalue weighted by Crippen LogP contribution is -2.49. The number of rotatable bonds is 4. The van der Waals surface area contributed by atoms with Crippen LogP contribution in [0.15, 0.2) is 16.8 Å². The summed E-state index contributed by atoms with van der Waals surface area (Å²) in [6.07, 6.45) is 0.226. The van der Waals surface area contributed by atoms with Crippen LogP contribution in [-0.4, -0.2) is 23.0 Å². The molecule has 0 unspecified atom stereocenters. The van der Waals surface area contributed by atoms with Crippen molar-refractivity contribution in [3.8, 4) is 0 Å². The second-order valence-electron chi connectivity index (χ2n) is 5.01. The maximum Gasteiger partial charge on any atom is 0.326 e. The third-order valence-corrected chi connectivity index (χ3v) is 3.10. The third-order valence-electron chi connectivity index (χ3n) is 2.36. The van der Waals surface area contributed by atoms with Crippen LogP contribution in [0.25, 0.3) is 0 Å². The standard InChI is InChI=1S/C12H17NO3S/c1-12(2,3)10(11(15)16)13-9(14)6-8-4-5-17-7-8/h4-5,7,10H,6H2,1-3H3,(H,13,14)(H,15,16)/t10-/m0/s1. The SMILES string of the molecule is CC(C)(C)[C@@H](NC(=O)Cc1ccsc1)C(=O)O. The molecule has 0 aliphatic carbocycles. The van der Waals surface area contributed by atoms with Crippen molar-refractivity contribution in [2.75, 3.05) is 0 Å². The number of carbonyl (C=O) groups is 2.